The second-order valence-corrected chi connectivity index (χ2v) is 6.70. The molecule has 0 aliphatic carbocycles. The number of thiophene rings is 1. The van der Waals surface area contributed by atoms with Gasteiger partial charge in [-0.2, -0.15) is 11.3 Å². The molecule has 0 fully saturated rings. The van der Waals surface area contributed by atoms with Gasteiger partial charge in [-0.3, -0.25) is 4.79 Å². The van der Waals surface area contributed by atoms with E-state index in [1.807, 2.05) is 24.3 Å². The molecule has 1 atom stereocenters. The number of carbonyl (C=O) groups excluding carboxylic acids is 1. The second-order valence-electron chi connectivity index (χ2n) is 5.92. The summed E-state index contributed by atoms with van der Waals surface area (Å²) in [6.07, 6.45) is 0. The number of aliphatic imine (C=N–C) groups is 1. The summed E-state index contributed by atoms with van der Waals surface area (Å²) in [5.74, 6) is 1.16. The molecule has 2 aromatic rings. The Hall–Kier alpha value is -2.34. The topological polar surface area (TPSA) is 65.5 Å². The average molecular weight is 359 g/mol. The third-order valence-electron chi connectivity index (χ3n) is 3.70. The van der Waals surface area contributed by atoms with Gasteiger partial charge in [-0.25, -0.2) is 4.99 Å². The van der Waals surface area contributed by atoms with Gasteiger partial charge in [0.1, 0.15) is 0 Å². The van der Waals surface area contributed by atoms with E-state index in [4.69, 9.17) is 0 Å². The van der Waals surface area contributed by atoms with Gasteiger partial charge in [0.05, 0.1) is 6.54 Å². The molecule has 0 aliphatic heterocycles. The molecule has 1 amide bonds. The molecular formula is C19H26N4OS. The molecule has 5 nitrogen and oxygen atoms in total. The van der Waals surface area contributed by atoms with E-state index in [0.717, 1.165) is 30.3 Å². The van der Waals surface area contributed by atoms with Gasteiger partial charge < -0.3 is 16.0 Å². The van der Waals surface area contributed by atoms with Crippen molar-refractivity contribution in [2.75, 3.05) is 18.4 Å². The molecule has 3 N–H and O–H groups in total. The van der Waals surface area contributed by atoms with Crippen LogP contribution < -0.4 is 16.0 Å². The number of nitrogens with zero attached hydrogens (tertiary/aromatic N) is 1. The summed E-state index contributed by atoms with van der Waals surface area (Å²) in [6.45, 7) is 7.95. The van der Waals surface area contributed by atoms with Crippen molar-refractivity contribution in [2.45, 2.75) is 33.2 Å². The Morgan fingerprint density at radius 3 is 2.80 bits per heavy atom. The first kappa shape index (κ1) is 19.0. The van der Waals surface area contributed by atoms with Crippen LogP contribution in [-0.4, -0.2) is 25.0 Å². The lowest BCUT2D eigenvalue weighted by molar-refractivity contribution is -0.114. The molecule has 2 rings (SSSR count). The van der Waals surface area contributed by atoms with Gasteiger partial charge in [0.15, 0.2) is 5.96 Å². The van der Waals surface area contributed by atoms with Crippen LogP contribution in [0, 0.1) is 0 Å². The molecule has 134 valence electrons. The zero-order valence-corrected chi connectivity index (χ0v) is 15.8. The minimum atomic E-state index is -0.0712. The lowest BCUT2D eigenvalue weighted by atomic mass is 10.1. The van der Waals surface area contributed by atoms with E-state index in [2.05, 4.69) is 51.6 Å². The fourth-order valence-electron chi connectivity index (χ4n) is 2.39. The molecule has 1 heterocycles. The molecule has 6 heteroatoms. The molecule has 1 unspecified atom stereocenters. The fourth-order valence-corrected chi connectivity index (χ4v) is 3.17. The Labute approximate surface area is 153 Å². The van der Waals surface area contributed by atoms with Crippen molar-refractivity contribution >= 4 is 28.9 Å². The van der Waals surface area contributed by atoms with Crippen molar-refractivity contribution in [3.8, 4) is 0 Å². The zero-order chi connectivity index (χ0) is 18.1. The monoisotopic (exact) mass is 358 g/mol. The molecule has 0 spiro atoms. The summed E-state index contributed by atoms with van der Waals surface area (Å²) in [4.78, 5) is 15.8. The third-order valence-corrected chi connectivity index (χ3v) is 4.40. The van der Waals surface area contributed by atoms with Crippen molar-refractivity contribution in [3.05, 3.63) is 52.2 Å². The van der Waals surface area contributed by atoms with E-state index >= 15 is 0 Å². The first-order valence-electron chi connectivity index (χ1n) is 8.49. The Morgan fingerprint density at radius 2 is 2.12 bits per heavy atom. The lowest BCUT2D eigenvalue weighted by Gasteiger charge is -2.15. The summed E-state index contributed by atoms with van der Waals surface area (Å²) < 4.78 is 0. The van der Waals surface area contributed by atoms with Crippen molar-refractivity contribution in [3.63, 3.8) is 0 Å². The molecule has 1 aromatic carbocycles. The van der Waals surface area contributed by atoms with Crippen LogP contribution in [0.1, 0.15) is 37.8 Å². The van der Waals surface area contributed by atoms with Crippen LogP contribution in [0.4, 0.5) is 5.69 Å². The van der Waals surface area contributed by atoms with Gasteiger partial charge >= 0.3 is 0 Å². The Morgan fingerprint density at radius 1 is 1.28 bits per heavy atom. The third kappa shape index (κ3) is 6.58. The number of nitrogens with one attached hydrogen (secondary N) is 3. The van der Waals surface area contributed by atoms with Gasteiger partial charge in [-0.05, 0) is 52.9 Å². The summed E-state index contributed by atoms with van der Waals surface area (Å²) in [5.41, 5.74) is 3.19. The summed E-state index contributed by atoms with van der Waals surface area (Å²) in [7, 11) is 0. The fraction of sp³-hybridized carbons (Fsp3) is 0.368. The van der Waals surface area contributed by atoms with Crippen LogP contribution in [0.25, 0.3) is 0 Å². The quantitative estimate of drug-likeness (QED) is 0.524. The predicted molar refractivity (Wildman–Crippen MR) is 106 cm³/mol. The predicted octanol–water partition coefficient (Wildman–Crippen LogP) is 3.57. The Kier molecular flexibility index (Phi) is 7.47. The normalized spacial score (nSPS) is 12.5. The van der Waals surface area contributed by atoms with E-state index in [-0.39, 0.29) is 5.91 Å². The second kappa shape index (κ2) is 9.84. The van der Waals surface area contributed by atoms with Crippen LogP contribution in [0.3, 0.4) is 0 Å². The van der Waals surface area contributed by atoms with Gasteiger partial charge in [-0.15, -0.1) is 0 Å². The molecular weight excluding hydrogens is 332 g/mol. The maximum atomic E-state index is 11.2. The standard InChI is InChI=1S/C19H26N4OS/c1-4-20-19(21-11-14(2)17-8-9-25-13-17)22-12-16-6-5-7-18(10-16)23-15(3)24/h5-10,13-14H,4,11-12H2,1-3H3,(H,23,24)(H2,20,21,22). The van der Waals surface area contributed by atoms with E-state index in [9.17, 15) is 4.79 Å². The van der Waals surface area contributed by atoms with Crippen LogP contribution in [0.2, 0.25) is 0 Å². The molecule has 0 saturated heterocycles. The molecule has 0 saturated carbocycles. The van der Waals surface area contributed by atoms with E-state index in [1.54, 1.807) is 11.3 Å². The Bertz CT molecular complexity index is 697. The highest BCUT2D eigenvalue weighted by Crippen LogP contribution is 2.17. The first-order chi connectivity index (χ1) is 12.1. The molecule has 1 aromatic heterocycles. The molecule has 0 bridgehead atoms. The maximum Gasteiger partial charge on any atom is 0.221 e. The summed E-state index contributed by atoms with van der Waals surface area (Å²) in [6, 6.07) is 9.92. The SMILES string of the molecule is CCNC(=NCc1cccc(NC(C)=O)c1)NCC(C)c1ccsc1. The van der Waals surface area contributed by atoms with Crippen LogP contribution in [0.5, 0.6) is 0 Å². The maximum absolute atomic E-state index is 11.2. The highest BCUT2D eigenvalue weighted by molar-refractivity contribution is 7.07. The smallest absolute Gasteiger partial charge is 0.221 e. The summed E-state index contributed by atoms with van der Waals surface area (Å²) >= 11 is 1.72. The van der Waals surface area contributed by atoms with Gasteiger partial charge in [-0.1, -0.05) is 19.1 Å². The average Bonchev–Trinajstić information content (AvgIpc) is 3.11. The Balaban J connectivity index is 1.95. The van der Waals surface area contributed by atoms with Gasteiger partial charge in [0.25, 0.3) is 0 Å². The van der Waals surface area contributed by atoms with Crippen molar-refractivity contribution in [1.29, 1.82) is 0 Å². The van der Waals surface area contributed by atoms with Crippen LogP contribution >= 0.6 is 11.3 Å². The highest BCUT2D eigenvalue weighted by Gasteiger charge is 2.07. The van der Waals surface area contributed by atoms with Crippen LogP contribution in [0.15, 0.2) is 46.1 Å². The zero-order valence-electron chi connectivity index (χ0n) is 15.0. The highest BCUT2D eigenvalue weighted by atomic mass is 32.1. The van der Waals surface area contributed by atoms with E-state index in [0.29, 0.717) is 12.5 Å². The van der Waals surface area contributed by atoms with Gasteiger partial charge in [0.2, 0.25) is 5.91 Å². The number of rotatable bonds is 7. The molecule has 0 radical (unpaired) electrons. The number of hydrogen-bond donors (Lipinski definition) is 3. The number of anilines is 1. The molecule has 0 aliphatic rings. The summed E-state index contributed by atoms with van der Waals surface area (Å²) in [5, 5.41) is 13.8. The number of amides is 1. The van der Waals surface area contributed by atoms with Crippen molar-refractivity contribution < 1.29 is 4.79 Å². The minimum absolute atomic E-state index is 0.0712. The number of hydrogen-bond acceptors (Lipinski definition) is 3. The number of carbonyl (C=O) groups is 1. The van der Waals surface area contributed by atoms with E-state index in [1.165, 1.54) is 12.5 Å². The number of guanidine groups is 1. The van der Waals surface area contributed by atoms with Gasteiger partial charge in [0, 0.05) is 25.7 Å². The van der Waals surface area contributed by atoms with E-state index < -0.39 is 0 Å². The van der Waals surface area contributed by atoms with Crippen molar-refractivity contribution in [2.24, 2.45) is 4.99 Å². The van der Waals surface area contributed by atoms with Crippen LogP contribution in [-0.2, 0) is 11.3 Å². The first-order valence-corrected chi connectivity index (χ1v) is 9.43. The largest absolute Gasteiger partial charge is 0.357 e. The number of benzene rings is 1. The molecule has 25 heavy (non-hydrogen) atoms. The van der Waals surface area contributed by atoms with Crippen molar-refractivity contribution in [1.82, 2.24) is 10.6 Å². The lowest BCUT2D eigenvalue weighted by Crippen LogP contribution is -2.39. The minimum Gasteiger partial charge on any atom is -0.357 e.